The van der Waals surface area contributed by atoms with E-state index in [1.54, 1.807) is 25.5 Å². The topological polar surface area (TPSA) is 67.4 Å². The molecule has 7 heteroatoms. The summed E-state index contributed by atoms with van der Waals surface area (Å²) in [5.74, 6) is 1.52. The van der Waals surface area contributed by atoms with E-state index in [1.807, 2.05) is 42.3 Å². The molecule has 0 aliphatic carbocycles. The number of ether oxygens (including phenoxy) is 1. The van der Waals surface area contributed by atoms with Crippen LogP contribution in [0.15, 0.2) is 36.7 Å². The molecule has 1 N–H and O–H groups in total. The van der Waals surface area contributed by atoms with Gasteiger partial charge in [0.1, 0.15) is 17.9 Å². The van der Waals surface area contributed by atoms with Crippen molar-refractivity contribution in [1.29, 1.82) is 0 Å². The van der Waals surface area contributed by atoms with Crippen LogP contribution in [0.4, 0.5) is 5.82 Å². The molecule has 0 fully saturated rings. The number of nitrogens with one attached hydrogen (secondary N) is 1. The van der Waals surface area contributed by atoms with E-state index in [-0.39, 0.29) is 12.5 Å². The normalized spacial score (nSPS) is 10.6. The fraction of sp³-hybridized carbons (Fsp3) is 0.235. The summed E-state index contributed by atoms with van der Waals surface area (Å²) in [7, 11) is 5.13. The Balaban J connectivity index is 1.98. The molecule has 0 spiro atoms. The lowest BCUT2D eigenvalue weighted by molar-refractivity contribution is -0.119. The van der Waals surface area contributed by atoms with Crippen LogP contribution >= 0.6 is 11.3 Å². The quantitative estimate of drug-likeness (QED) is 0.772. The number of hydrogen-bond donors (Lipinski definition) is 1. The van der Waals surface area contributed by atoms with Crippen LogP contribution in [0.3, 0.4) is 0 Å². The average Bonchev–Trinajstić information content (AvgIpc) is 3.05. The number of nitrogens with zero attached hydrogens (tertiary/aromatic N) is 3. The van der Waals surface area contributed by atoms with E-state index in [1.165, 1.54) is 6.33 Å². The van der Waals surface area contributed by atoms with E-state index in [0.717, 1.165) is 32.2 Å². The number of hydrogen-bond acceptors (Lipinski definition) is 6. The van der Waals surface area contributed by atoms with E-state index < -0.39 is 0 Å². The summed E-state index contributed by atoms with van der Waals surface area (Å²) < 4.78 is 6.17. The summed E-state index contributed by atoms with van der Waals surface area (Å²) in [6.45, 7) is 0.248. The Kier molecular flexibility index (Phi) is 4.61. The van der Waals surface area contributed by atoms with Crippen molar-refractivity contribution in [2.24, 2.45) is 0 Å². The Hall–Kier alpha value is -2.67. The number of methoxy groups -OCH3 is 1. The number of anilines is 1. The summed E-state index contributed by atoms with van der Waals surface area (Å²) in [5, 5.41) is 2.62. The Morgan fingerprint density at radius 3 is 2.71 bits per heavy atom. The molecule has 0 bridgehead atoms. The predicted octanol–water partition coefficient (Wildman–Crippen LogP) is 2.55. The molecule has 0 saturated heterocycles. The number of likely N-dealkylation sites (N-methyl/N-ethyl adjacent to an activating group) is 2. The lowest BCUT2D eigenvalue weighted by Crippen LogP contribution is -2.33. The molecule has 2 aromatic heterocycles. The molecule has 3 aromatic rings. The first-order chi connectivity index (χ1) is 11.6. The van der Waals surface area contributed by atoms with Gasteiger partial charge in [0.2, 0.25) is 5.91 Å². The first-order valence-corrected chi connectivity index (χ1v) is 8.24. The van der Waals surface area contributed by atoms with Crippen LogP contribution in [0.1, 0.15) is 0 Å². The van der Waals surface area contributed by atoms with E-state index in [4.69, 9.17) is 4.74 Å². The van der Waals surface area contributed by atoms with Gasteiger partial charge in [0, 0.05) is 19.0 Å². The number of rotatable bonds is 5. The summed E-state index contributed by atoms with van der Waals surface area (Å²) in [5.41, 5.74) is 1.97. The van der Waals surface area contributed by atoms with E-state index in [9.17, 15) is 4.79 Å². The summed E-state index contributed by atoms with van der Waals surface area (Å²) in [6, 6.07) is 9.95. The van der Waals surface area contributed by atoms with Gasteiger partial charge in [0.25, 0.3) is 0 Å². The molecular weight excluding hydrogens is 324 g/mol. The fourth-order valence-electron chi connectivity index (χ4n) is 2.38. The van der Waals surface area contributed by atoms with Gasteiger partial charge in [-0.05, 0) is 35.9 Å². The second-order valence-corrected chi connectivity index (χ2v) is 6.33. The summed E-state index contributed by atoms with van der Waals surface area (Å²) in [6.07, 6.45) is 1.53. The maximum Gasteiger partial charge on any atom is 0.239 e. The number of benzene rings is 1. The molecule has 3 rings (SSSR count). The zero-order valence-corrected chi connectivity index (χ0v) is 14.6. The zero-order valence-electron chi connectivity index (χ0n) is 13.7. The van der Waals surface area contributed by atoms with Gasteiger partial charge in [-0.25, -0.2) is 9.97 Å². The summed E-state index contributed by atoms with van der Waals surface area (Å²) >= 11 is 1.61. The highest BCUT2D eigenvalue weighted by Gasteiger charge is 2.15. The molecule has 0 unspecified atom stereocenters. The molecule has 24 heavy (non-hydrogen) atoms. The second-order valence-electron chi connectivity index (χ2n) is 5.28. The SMILES string of the molecule is CNC(=O)CN(C)c1ncnc2cc(-c3ccc(OC)cc3)sc12. The highest BCUT2D eigenvalue weighted by molar-refractivity contribution is 7.22. The minimum absolute atomic E-state index is 0.0591. The van der Waals surface area contributed by atoms with Crippen molar-refractivity contribution in [3.05, 3.63) is 36.7 Å². The number of carbonyl (C=O) groups is 1. The van der Waals surface area contributed by atoms with Crippen molar-refractivity contribution in [1.82, 2.24) is 15.3 Å². The molecule has 124 valence electrons. The smallest absolute Gasteiger partial charge is 0.239 e. The maximum atomic E-state index is 11.6. The highest BCUT2D eigenvalue weighted by atomic mass is 32.1. The first kappa shape index (κ1) is 16.2. The van der Waals surface area contributed by atoms with Crippen LogP contribution in [0.25, 0.3) is 20.7 Å². The van der Waals surface area contributed by atoms with Crippen molar-refractivity contribution in [2.75, 3.05) is 32.6 Å². The molecule has 0 atom stereocenters. The van der Waals surface area contributed by atoms with Crippen LogP contribution in [-0.4, -0.2) is 43.6 Å². The van der Waals surface area contributed by atoms with Crippen molar-refractivity contribution in [3.8, 4) is 16.2 Å². The van der Waals surface area contributed by atoms with Gasteiger partial charge in [-0.15, -0.1) is 11.3 Å². The monoisotopic (exact) mass is 342 g/mol. The third kappa shape index (κ3) is 3.16. The van der Waals surface area contributed by atoms with Crippen LogP contribution in [0.5, 0.6) is 5.75 Å². The molecule has 0 aliphatic rings. The number of thiophene rings is 1. The largest absolute Gasteiger partial charge is 0.497 e. The molecule has 0 saturated carbocycles. The molecule has 1 amide bonds. The van der Waals surface area contributed by atoms with Crippen molar-refractivity contribution < 1.29 is 9.53 Å². The van der Waals surface area contributed by atoms with Crippen LogP contribution in [-0.2, 0) is 4.79 Å². The van der Waals surface area contributed by atoms with Crippen molar-refractivity contribution in [3.63, 3.8) is 0 Å². The summed E-state index contributed by atoms with van der Waals surface area (Å²) in [4.78, 5) is 23.2. The van der Waals surface area contributed by atoms with E-state index >= 15 is 0 Å². The second kappa shape index (κ2) is 6.84. The van der Waals surface area contributed by atoms with Gasteiger partial charge in [0.05, 0.1) is 23.9 Å². The third-order valence-corrected chi connectivity index (χ3v) is 4.86. The van der Waals surface area contributed by atoms with Crippen LogP contribution < -0.4 is 15.0 Å². The van der Waals surface area contributed by atoms with Gasteiger partial charge in [-0.1, -0.05) is 0 Å². The van der Waals surface area contributed by atoms with Gasteiger partial charge in [-0.3, -0.25) is 4.79 Å². The van der Waals surface area contributed by atoms with Crippen molar-refractivity contribution >= 4 is 33.3 Å². The molecular formula is C17H18N4O2S. The zero-order chi connectivity index (χ0) is 17.1. The lowest BCUT2D eigenvalue weighted by Gasteiger charge is -2.17. The van der Waals surface area contributed by atoms with Crippen LogP contribution in [0.2, 0.25) is 0 Å². The first-order valence-electron chi connectivity index (χ1n) is 7.43. The minimum Gasteiger partial charge on any atom is -0.497 e. The van der Waals surface area contributed by atoms with Gasteiger partial charge in [-0.2, -0.15) is 0 Å². The van der Waals surface area contributed by atoms with Gasteiger partial charge >= 0.3 is 0 Å². The molecule has 0 radical (unpaired) electrons. The number of carbonyl (C=O) groups excluding carboxylic acids is 1. The standard InChI is InChI=1S/C17H18N4O2S/c1-18-15(22)9-21(2)17-16-13(19-10-20-17)8-14(24-16)11-4-6-12(23-3)7-5-11/h4-8,10H,9H2,1-3H3,(H,18,22). The van der Waals surface area contributed by atoms with E-state index in [2.05, 4.69) is 15.3 Å². The van der Waals surface area contributed by atoms with Gasteiger partial charge < -0.3 is 15.0 Å². The molecule has 6 nitrogen and oxygen atoms in total. The Morgan fingerprint density at radius 1 is 1.29 bits per heavy atom. The van der Waals surface area contributed by atoms with Crippen LogP contribution in [0, 0.1) is 0 Å². The molecule has 2 heterocycles. The predicted molar refractivity (Wildman–Crippen MR) is 96.7 cm³/mol. The molecule has 0 aliphatic heterocycles. The number of amides is 1. The average molecular weight is 342 g/mol. The minimum atomic E-state index is -0.0591. The van der Waals surface area contributed by atoms with Gasteiger partial charge in [0.15, 0.2) is 0 Å². The number of aromatic nitrogens is 2. The Labute approximate surface area is 144 Å². The fourth-order valence-corrected chi connectivity index (χ4v) is 3.54. The maximum absolute atomic E-state index is 11.6. The Morgan fingerprint density at radius 2 is 2.04 bits per heavy atom. The lowest BCUT2D eigenvalue weighted by atomic mass is 10.2. The number of fused-ring (bicyclic) bond motifs is 1. The third-order valence-electron chi connectivity index (χ3n) is 3.69. The molecule has 1 aromatic carbocycles. The highest BCUT2D eigenvalue weighted by Crippen LogP contribution is 2.36. The Bertz CT molecular complexity index is 861. The van der Waals surface area contributed by atoms with Crippen molar-refractivity contribution in [2.45, 2.75) is 0 Å². The van der Waals surface area contributed by atoms with E-state index in [0.29, 0.717) is 0 Å².